The Labute approximate surface area is 50.0 Å². The molecule has 2 nitrogen and oxygen atoms in total. The third-order valence-electron chi connectivity index (χ3n) is 1.21. The molecule has 0 aromatic heterocycles. The van der Waals surface area contributed by atoms with E-state index in [1.165, 1.54) is 0 Å². The molecule has 0 aromatic rings. The molecule has 2 N–H and O–H groups in total. The van der Waals surface area contributed by atoms with Crippen LogP contribution in [0.3, 0.4) is 0 Å². The van der Waals surface area contributed by atoms with E-state index in [-0.39, 0.29) is 0 Å². The minimum atomic E-state index is 0.578. The molecule has 0 fully saturated rings. The van der Waals surface area contributed by atoms with Crippen molar-refractivity contribution in [1.29, 1.82) is 0 Å². The maximum atomic E-state index is 3.25. The van der Waals surface area contributed by atoms with Gasteiger partial charge in [-0.25, -0.2) is 0 Å². The Kier molecular flexibility index (Phi) is 1.92. The summed E-state index contributed by atoms with van der Waals surface area (Å²) in [5.74, 6) is 0. The monoisotopic (exact) mass is 112 g/mol. The van der Waals surface area contributed by atoms with Gasteiger partial charge in [-0.3, -0.25) is 0 Å². The number of hydrogen-bond acceptors (Lipinski definition) is 2. The summed E-state index contributed by atoms with van der Waals surface area (Å²) in [6.07, 6.45) is 4.09. The summed E-state index contributed by atoms with van der Waals surface area (Å²) in [6.45, 7) is 4.22. The van der Waals surface area contributed by atoms with Crippen LogP contribution in [0.4, 0.5) is 0 Å². The van der Waals surface area contributed by atoms with Gasteiger partial charge in [-0.2, -0.15) is 0 Å². The molecule has 0 amide bonds. The molecule has 46 valence electrons. The summed E-state index contributed by atoms with van der Waals surface area (Å²) in [4.78, 5) is 0. The largest absolute Gasteiger partial charge is 0.387 e. The van der Waals surface area contributed by atoms with Gasteiger partial charge in [0.1, 0.15) is 0 Å². The lowest BCUT2D eigenvalue weighted by atomic mass is 10.3. The lowest BCUT2D eigenvalue weighted by Crippen LogP contribution is -2.30. The average molecular weight is 112 g/mol. The quantitative estimate of drug-likeness (QED) is 0.464. The van der Waals surface area contributed by atoms with Crippen LogP contribution in [-0.2, 0) is 0 Å². The van der Waals surface area contributed by atoms with Gasteiger partial charge >= 0.3 is 0 Å². The smallest absolute Gasteiger partial charge is 0.0352 e. The molecule has 0 spiro atoms. The van der Waals surface area contributed by atoms with Crippen molar-refractivity contribution in [3.8, 4) is 0 Å². The summed E-state index contributed by atoms with van der Waals surface area (Å²) in [5, 5.41) is 6.45. The maximum absolute atomic E-state index is 3.25. The zero-order valence-corrected chi connectivity index (χ0v) is 5.15. The number of rotatable bonds is 0. The van der Waals surface area contributed by atoms with Crippen LogP contribution in [0.2, 0.25) is 0 Å². The first-order valence-electron chi connectivity index (χ1n) is 3.01. The van der Waals surface area contributed by atoms with Crippen LogP contribution in [0, 0.1) is 0 Å². The first kappa shape index (κ1) is 5.63. The van der Waals surface area contributed by atoms with Gasteiger partial charge in [0.25, 0.3) is 0 Å². The normalized spacial score (nSPS) is 28.9. The highest BCUT2D eigenvalue weighted by Gasteiger charge is 1.97. The van der Waals surface area contributed by atoms with E-state index in [2.05, 4.69) is 23.6 Å². The lowest BCUT2D eigenvalue weighted by Gasteiger charge is -2.07. The van der Waals surface area contributed by atoms with Crippen LogP contribution in [0.1, 0.15) is 6.92 Å². The Morgan fingerprint density at radius 2 is 2.50 bits per heavy atom. The molecule has 0 bridgehead atoms. The van der Waals surface area contributed by atoms with E-state index in [4.69, 9.17) is 0 Å². The van der Waals surface area contributed by atoms with E-state index in [1.807, 2.05) is 6.20 Å². The molecule has 0 saturated carbocycles. The SMILES string of the molecule is CC1CNCC=CN1. The third-order valence-corrected chi connectivity index (χ3v) is 1.21. The summed E-state index contributed by atoms with van der Waals surface area (Å²) < 4.78 is 0. The second-order valence-electron chi connectivity index (χ2n) is 2.13. The van der Waals surface area contributed by atoms with Gasteiger partial charge in [-0.15, -0.1) is 0 Å². The molecule has 1 heterocycles. The molecular formula is C6H12N2. The van der Waals surface area contributed by atoms with Crippen molar-refractivity contribution in [3.05, 3.63) is 12.3 Å². The molecule has 0 saturated heterocycles. The van der Waals surface area contributed by atoms with E-state index < -0.39 is 0 Å². The Bertz CT molecular complexity index is 88.5. The minimum Gasteiger partial charge on any atom is -0.387 e. The van der Waals surface area contributed by atoms with Gasteiger partial charge in [0, 0.05) is 19.1 Å². The zero-order chi connectivity index (χ0) is 5.82. The van der Waals surface area contributed by atoms with Crippen molar-refractivity contribution >= 4 is 0 Å². The predicted octanol–water partition coefficient (Wildman–Crippen LogP) is 0.0814. The molecule has 0 radical (unpaired) electrons. The summed E-state index contributed by atoms with van der Waals surface area (Å²) in [6, 6.07) is 0.578. The first-order valence-corrected chi connectivity index (χ1v) is 3.01. The molecular weight excluding hydrogens is 100 g/mol. The Morgan fingerprint density at radius 3 is 3.38 bits per heavy atom. The number of hydrogen-bond donors (Lipinski definition) is 2. The second kappa shape index (κ2) is 2.72. The molecule has 1 atom stereocenters. The summed E-state index contributed by atoms with van der Waals surface area (Å²) in [7, 11) is 0. The molecule has 8 heavy (non-hydrogen) atoms. The average Bonchev–Trinajstić information content (AvgIpc) is 1.94. The molecule has 1 aliphatic rings. The van der Waals surface area contributed by atoms with E-state index in [1.54, 1.807) is 0 Å². The minimum absolute atomic E-state index is 0.578. The fourth-order valence-electron chi connectivity index (χ4n) is 0.733. The van der Waals surface area contributed by atoms with Crippen LogP contribution in [0.25, 0.3) is 0 Å². The predicted molar refractivity (Wildman–Crippen MR) is 34.6 cm³/mol. The Morgan fingerprint density at radius 1 is 1.62 bits per heavy atom. The standard InChI is InChI=1S/C6H12N2/c1-6-5-7-3-2-4-8-6/h2,4,6-8H,3,5H2,1H3. The zero-order valence-electron chi connectivity index (χ0n) is 5.15. The van der Waals surface area contributed by atoms with Gasteiger partial charge in [0.2, 0.25) is 0 Å². The highest BCUT2D eigenvalue weighted by Crippen LogP contribution is 1.82. The summed E-state index contributed by atoms with van der Waals surface area (Å²) >= 11 is 0. The van der Waals surface area contributed by atoms with Crippen molar-refractivity contribution in [3.63, 3.8) is 0 Å². The van der Waals surface area contributed by atoms with E-state index in [9.17, 15) is 0 Å². The Hall–Kier alpha value is -0.500. The molecule has 1 rings (SSSR count). The summed E-state index contributed by atoms with van der Waals surface area (Å²) in [5.41, 5.74) is 0. The van der Waals surface area contributed by atoms with Crippen LogP contribution >= 0.6 is 0 Å². The fraction of sp³-hybridized carbons (Fsp3) is 0.667. The highest BCUT2D eigenvalue weighted by atomic mass is 15.0. The van der Waals surface area contributed by atoms with Gasteiger partial charge in [-0.05, 0) is 13.1 Å². The van der Waals surface area contributed by atoms with E-state index in [0.29, 0.717) is 6.04 Å². The topological polar surface area (TPSA) is 24.1 Å². The molecule has 2 heteroatoms. The van der Waals surface area contributed by atoms with Gasteiger partial charge in [-0.1, -0.05) is 6.08 Å². The number of nitrogens with one attached hydrogen (secondary N) is 2. The van der Waals surface area contributed by atoms with Gasteiger partial charge < -0.3 is 10.6 Å². The highest BCUT2D eigenvalue weighted by molar-refractivity contribution is 4.88. The molecule has 0 aliphatic carbocycles. The third kappa shape index (κ3) is 1.54. The van der Waals surface area contributed by atoms with Gasteiger partial charge in [0.05, 0.1) is 0 Å². The van der Waals surface area contributed by atoms with Crippen molar-refractivity contribution < 1.29 is 0 Å². The van der Waals surface area contributed by atoms with Crippen LogP contribution in [0.15, 0.2) is 12.3 Å². The maximum Gasteiger partial charge on any atom is 0.0352 e. The molecule has 1 aliphatic heterocycles. The first-order chi connectivity index (χ1) is 3.89. The second-order valence-corrected chi connectivity index (χ2v) is 2.13. The molecule has 0 aromatic carbocycles. The van der Waals surface area contributed by atoms with Crippen LogP contribution in [-0.4, -0.2) is 19.1 Å². The van der Waals surface area contributed by atoms with E-state index in [0.717, 1.165) is 13.1 Å². The van der Waals surface area contributed by atoms with Crippen molar-refractivity contribution in [1.82, 2.24) is 10.6 Å². The Balaban J connectivity index is 2.30. The fourth-order valence-corrected chi connectivity index (χ4v) is 0.733. The van der Waals surface area contributed by atoms with Crippen LogP contribution in [0.5, 0.6) is 0 Å². The van der Waals surface area contributed by atoms with Crippen molar-refractivity contribution in [2.24, 2.45) is 0 Å². The van der Waals surface area contributed by atoms with Crippen molar-refractivity contribution in [2.45, 2.75) is 13.0 Å². The van der Waals surface area contributed by atoms with E-state index >= 15 is 0 Å². The van der Waals surface area contributed by atoms with Crippen molar-refractivity contribution in [2.75, 3.05) is 13.1 Å². The van der Waals surface area contributed by atoms with Gasteiger partial charge in [0.15, 0.2) is 0 Å². The lowest BCUT2D eigenvalue weighted by molar-refractivity contribution is 0.596. The molecule has 1 unspecified atom stereocenters. The van der Waals surface area contributed by atoms with Crippen LogP contribution < -0.4 is 10.6 Å².